The van der Waals surface area contributed by atoms with E-state index in [1.165, 1.54) is 16.7 Å². The van der Waals surface area contributed by atoms with Crippen molar-refractivity contribution in [2.45, 2.75) is 33.2 Å². The molecule has 1 N–H and O–H groups in total. The van der Waals surface area contributed by atoms with Gasteiger partial charge in [-0.3, -0.25) is 0 Å². The van der Waals surface area contributed by atoms with Gasteiger partial charge in [-0.15, -0.1) is 0 Å². The maximum absolute atomic E-state index is 5.82. The van der Waals surface area contributed by atoms with E-state index in [4.69, 9.17) is 14.2 Å². The maximum atomic E-state index is 5.82. The Bertz CT molecular complexity index is 714. The lowest BCUT2D eigenvalue weighted by Gasteiger charge is -2.29. The zero-order chi connectivity index (χ0) is 17.6. The molecule has 0 bridgehead atoms. The minimum atomic E-state index is 0.138. The number of benzene rings is 2. The van der Waals surface area contributed by atoms with Crippen LogP contribution in [0.2, 0.25) is 0 Å². The molecule has 0 spiro atoms. The Hall–Kier alpha value is -2.20. The van der Waals surface area contributed by atoms with Gasteiger partial charge in [-0.05, 0) is 68.1 Å². The largest absolute Gasteiger partial charge is 0.494 e. The van der Waals surface area contributed by atoms with Gasteiger partial charge in [0.1, 0.15) is 5.75 Å². The van der Waals surface area contributed by atoms with Crippen molar-refractivity contribution >= 4 is 0 Å². The highest BCUT2D eigenvalue weighted by molar-refractivity contribution is 5.52. The summed E-state index contributed by atoms with van der Waals surface area (Å²) in [6, 6.07) is 12.7. The Labute approximate surface area is 150 Å². The van der Waals surface area contributed by atoms with Crippen LogP contribution in [0, 0.1) is 0 Å². The first kappa shape index (κ1) is 17.6. The Balaban J connectivity index is 2.00. The zero-order valence-electron chi connectivity index (χ0n) is 15.3. The quantitative estimate of drug-likeness (QED) is 0.822. The molecule has 1 atom stereocenters. The average molecular weight is 341 g/mol. The number of fused-ring (bicyclic) bond motifs is 1. The predicted octanol–water partition coefficient (Wildman–Crippen LogP) is 4.12. The van der Waals surface area contributed by atoms with Crippen LogP contribution in [0.4, 0.5) is 0 Å². The van der Waals surface area contributed by atoms with E-state index in [2.05, 4.69) is 29.6 Å². The predicted molar refractivity (Wildman–Crippen MR) is 99.9 cm³/mol. The Morgan fingerprint density at radius 3 is 2.36 bits per heavy atom. The van der Waals surface area contributed by atoms with Crippen molar-refractivity contribution in [2.75, 3.05) is 26.4 Å². The van der Waals surface area contributed by atoms with Crippen molar-refractivity contribution in [3.63, 3.8) is 0 Å². The lowest BCUT2D eigenvalue weighted by molar-refractivity contribution is 0.286. The normalized spacial score (nSPS) is 16.2. The van der Waals surface area contributed by atoms with Crippen molar-refractivity contribution in [3.8, 4) is 17.2 Å². The molecule has 1 aliphatic rings. The third kappa shape index (κ3) is 3.90. The summed E-state index contributed by atoms with van der Waals surface area (Å²) in [4.78, 5) is 0. The van der Waals surface area contributed by atoms with Crippen LogP contribution in [0.25, 0.3) is 0 Å². The first-order valence-electron chi connectivity index (χ1n) is 9.15. The van der Waals surface area contributed by atoms with E-state index in [1.54, 1.807) is 0 Å². The molecule has 4 heteroatoms. The Morgan fingerprint density at radius 2 is 1.64 bits per heavy atom. The highest BCUT2D eigenvalue weighted by Gasteiger charge is 2.24. The molecule has 0 fully saturated rings. The van der Waals surface area contributed by atoms with Crippen LogP contribution in [0.15, 0.2) is 36.4 Å². The molecule has 1 aliphatic heterocycles. The summed E-state index contributed by atoms with van der Waals surface area (Å²) in [5, 5.41) is 3.63. The molecule has 0 aliphatic carbocycles. The summed E-state index contributed by atoms with van der Waals surface area (Å²) in [5.41, 5.74) is 3.78. The average Bonchev–Trinajstić information content (AvgIpc) is 2.63. The Kier molecular flexibility index (Phi) is 5.82. The van der Waals surface area contributed by atoms with Gasteiger partial charge in [0.25, 0.3) is 0 Å². The molecule has 0 saturated heterocycles. The van der Waals surface area contributed by atoms with E-state index in [0.717, 1.165) is 30.2 Å². The van der Waals surface area contributed by atoms with Crippen molar-refractivity contribution in [1.82, 2.24) is 5.32 Å². The molecule has 4 nitrogen and oxygen atoms in total. The summed E-state index contributed by atoms with van der Waals surface area (Å²) in [5.74, 6) is 2.56. The molecule has 1 heterocycles. The number of nitrogens with one attached hydrogen (secondary N) is 1. The van der Waals surface area contributed by atoms with Crippen LogP contribution in [-0.4, -0.2) is 26.4 Å². The zero-order valence-corrected chi connectivity index (χ0v) is 15.3. The lowest BCUT2D eigenvalue weighted by atomic mass is 9.89. The monoisotopic (exact) mass is 341 g/mol. The molecule has 2 aromatic carbocycles. The molecular weight excluding hydrogens is 314 g/mol. The number of ether oxygens (including phenoxy) is 3. The van der Waals surface area contributed by atoms with Gasteiger partial charge < -0.3 is 19.5 Å². The SMILES string of the molecule is CCOc1cccc(C2NCCc3cc(OCC)c(OCC)cc32)c1. The van der Waals surface area contributed by atoms with E-state index in [9.17, 15) is 0 Å². The molecule has 134 valence electrons. The third-order valence-electron chi connectivity index (χ3n) is 4.36. The number of rotatable bonds is 7. The fourth-order valence-corrected chi connectivity index (χ4v) is 3.35. The fraction of sp³-hybridized carbons (Fsp3) is 0.429. The van der Waals surface area contributed by atoms with Gasteiger partial charge in [-0.25, -0.2) is 0 Å². The molecule has 0 saturated carbocycles. The van der Waals surface area contributed by atoms with Crippen molar-refractivity contribution in [2.24, 2.45) is 0 Å². The maximum Gasteiger partial charge on any atom is 0.161 e. The van der Waals surface area contributed by atoms with Crippen molar-refractivity contribution in [1.29, 1.82) is 0 Å². The summed E-state index contributed by atoms with van der Waals surface area (Å²) in [7, 11) is 0. The molecule has 2 aromatic rings. The number of hydrogen-bond donors (Lipinski definition) is 1. The third-order valence-corrected chi connectivity index (χ3v) is 4.36. The number of hydrogen-bond acceptors (Lipinski definition) is 4. The summed E-state index contributed by atoms with van der Waals surface area (Å²) < 4.78 is 17.3. The standard InChI is InChI=1S/C21H27NO3/c1-4-23-17-9-7-8-16(12-17)21-18-14-20(25-6-3)19(24-5-2)13-15(18)10-11-22-21/h7-9,12-14,21-22H,4-6,10-11H2,1-3H3. The van der Waals surface area contributed by atoms with Crippen molar-refractivity contribution < 1.29 is 14.2 Å². The van der Waals surface area contributed by atoms with Gasteiger partial charge >= 0.3 is 0 Å². The van der Waals surface area contributed by atoms with Crippen LogP contribution in [0.5, 0.6) is 17.2 Å². The van der Waals surface area contributed by atoms with E-state index >= 15 is 0 Å². The highest BCUT2D eigenvalue weighted by atomic mass is 16.5. The highest BCUT2D eigenvalue weighted by Crippen LogP contribution is 2.38. The van der Waals surface area contributed by atoms with Crippen LogP contribution in [-0.2, 0) is 6.42 Å². The molecule has 0 aromatic heterocycles. The second-order valence-corrected chi connectivity index (χ2v) is 6.01. The summed E-state index contributed by atoms with van der Waals surface area (Å²) >= 11 is 0. The van der Waals surface area contributed by atoms with Crippen molar-refractivity contribution in [3.05, 3.63) is 53.1 Å². The van der Waals surface area contributed by atoms with E-state index in [1.807, 2.05) is 32.9 Å². The van der Waals surface area contributed by atoms with Gasteiger partial charge in [-0.1, -0.05) is 12.1 Å². The Morgan fingerprint density at radius 1 is 0.920 bits per heavy atom. The molecular formula is C21H27NO3. The smallest absolute Gasteiger partial charge is 0.161 e. The first-order chi connectivity index (χ1) is 12.3. The van der Waals surface area contributed by atoms with Gasteiger partial charge in [0.15, 0.2) is 11.5 Å². The van der Waals surface area contributed by atoms with Crippen LogP contribution in [0.1, 0.15) is 43.5 Å². The second kappa shape index (κ2) is 8.26. The van der Waals surface area contributed by atoms with E-state index in [-0.39, 0.29) is 6.04 Å². The molecule has 1 unspecified atom stereocenters. The van der Waals surface area contributed by atoms with E-state index < -0.39 is 0 Å². The fourth-order valence-electron chi connectivity index (χ4n) is 3.35. The van der Waals surface area contributed by atoms with Crippen LogP contribution >= 0.6 is 0 Å². The molecule has 0 amide bonds. The molecule has 3 rings (SSSR count). The first-order valence-corrected chi connectivity index (χ1v) is 9.15. The van der Waals surface area contributed by atoms with Crippen LogP contribution in [0.3, 0.4) is 0 Å². The summed E-state index contributed by atoms with van der Waals surface area (Å²) in [6.45, 7) is 8.87. The second-order valence-electron chi connectivity index (χ2n) is 6.01. The molecule has 25 heavy (non-hydrogen) atoms. The lowest BCUT2D eigenvalue weighted by Crippen LogP contribution is -2.30. The summed E-state index contributed by atoms with van der Waals surface area (Å²) in [6.07, 6.45) is 0.990. The van der Waals surface area contributed by atoms with Gasteiger partial charge in [0.2, 0.25) is 0 Å². The van der Waals surface area contributed by atoms with Crippen LogP contribution < -0.4 is 19.5 Å². The topological polar surface area (TPSA) is 39.7 Å². The molecule has 0 radical (unpaired) electrons. The van der Waals surface area contributed by atoms with Gasteiger partial charge in [0.05, 0.1) is 25.9 Å². The van der Waals surface area contributed by atoms with Gasteiger partial charge in [-0.2, -0.15) is 0 Å². The minimum absolute atomic E-state index is 0.138. The van der Waals surface area contributed by atoms with E-state index in [0.29, 0.717) is 19.8 Å². The van der Waals surface area contributed by atoms with Gasteiger partial charge in [0, 0.05) is 6.54 Å². The minimum Gasteiger partial charge on any atom is -0.494 e.